The molecule has 0 saturated heterocycles. The second-order valence-electron chi connectivity index (χ2n) is 7.08. The van der Waals surface area contributed by atoms with E-state index in [1.807, 2.05) is 18.2 Å². The number of nitrogens with zero attached hydrogens (tertiary/aromatic N) is 3. The number of imidazole rings is 1. The first kappa shape index (κ1) is 20.5. The Hall–Kier alpha value is -4.41. The topological polar surface area (TPSA) is 125 Å². The zero-order valence-corrected chi connectivity index (χ0v) is 18.3. The molecule has 0 amide bonds. The van der Waals surface area contributed by atoms with Crippen LogP contribution in [0.25, 0.3) is 11.2 Å². The first-order valence-corrected chi connectivity index (χ1v) is 10.1. The van der Waals surface area contributed by atoms with Crippen molar-refractivity contribution >= 4 is 28.6 Å². The molecule has 1 aliphatic heterocycles. The zero-order valence-electron chi connectivity index (χ0n) is 18.3. The molecule has 0 unspecified atom stereocenters. The number of nitrogens with one attached hydrogen (secondary N) is 3. The van der Waals surface area contributed by atoms with Crippen molar-refractivity contribution in [3.05, 3.63) is 42.2 Å². The standard InChI is InChI=1S/C22H22N6O5/c1-29-16-7-13(8-17(30-2)19(16)31-3)26-21-18-20(25-10-24-18)27-22(28-21)23-9-12-4-5-14-15(6-12)33-11-32-14/h4-8,10H,9,11H2,1-3H3,(H3,23,24,25,26,27,28). The summed E-state index contributed by atoms with van der Waals surface area (Å²) in [7, 11) is 4.69. The Morgan fingerprint density at radius 3 is 2.52 bits per heavy atom. The fourth-order valence-electron chi connectivity index (χ4n) is 3.52. The highest BCUT2D eigenvalue weighted by atomic mass is 16.7. The smallest absolute Gasteiger partial charge is 0.231 e. The van der Waals surface area contributed by atoms with Gasteiger partial charge in [-0.1, -0.05) is 6.07 Å². The van der Waals surface area contributed by atoms with Crippen molar-refractivity contribution in [2.75, 3.05) is 38.8 Å². The summed E-state index contributed by atoms with van der Waals surface area (Å²) in [5, 5.41) is 6.53. The Morgan fingerprint density at radius 2 is 1.76 bits per heavy atom. The van der Waals surface area contributed by atoms with Crippen LogP contribution in [0, 0.1) is 0 Å². The van der Waals surface area contributed by atoms with E-state index in [1.54, 1.807) is 39.8 Å². The molecular weight excluding hydrogens is 428 g/mol. The molecule has 0 bridgehead atoms. The number of hydrogen-bond acceptors (Lipinski definition) is 10. The molecule has 2 aromatic carbocycles. The molecule has 170 valence electrons. The van der Waals surface area contributed by atoms with Gasteiger partial charge in [0.1, 0.15) is 5.52 Å². The van der Waals surface area contributed by atoms with Gasteiger partial charge in [-0.2, -0.15) is 9.97 Å². The van der Waals surface area contributed by atoms with Gasteiger partial charge < -0.3 is 39.3 Å². The normalized spacial score (nSPS) is 12.0. The lowest BCUT2D eigenvalue weighted by Gasteiger charge is -2.15. The molecule has 2 aromatic heterocycles. The maximum absolute atomic E-state index is 5.44. The van der Waals surface area contributed by atoms with Crippen LogP contribution in [0.15, 0.2) is 36.7 Å². The Morgan fingerprint density at radius 1 is 0.970 bits per heavy atom. The highest BCUT2D eigenvalue weighted by Gasteiger charge is 2.17. The van der Waals surface area contributed by atoms with E-state index in [0.717, 1.165) is 17.1 Å². The highest BCUT2D eigenvalue weighted by Crippen LogP contribution is 2.41. The second kappa shape index (κ2) is 8.61. The van der Waals surface area contributed by atoms with Crippen LogP contribution in [0.1, 0.15) is 5.56 Å². The predicted molar refractivity (Wildman–Crippen MR) is 121 cm³/mol. The Balaban J connectivity index is 1.42. The molecule has 5 rings (SSSR count). The van der Waals surface area contributed by atoms with Gasteiger partial charge in [0.25, 0.3) is 0 Å². The molecule has 0 spiro atoms. The number of anilines is 3. The molecular formula is C22H22N6O5. The SMILES string of the molecule is COc1cc(Nc2nc(NCc3ccc4c(c3)OCO4)nc3nc[nH]c23)cc(OC)c1OC. The molecule has 4 aromatic rings. The Kier molecular flexibility index (Phi) is 5.35. The van der Waals surface area contributed by atoms with Gasteiger partial charge in [-0.05, 0) is 17.7 Å². The number of H-pyrrole nitrogens is 1. The van der Waals surface area contributed by atoms with Crippen molar-refractivity contribution in [3.63, 3.8) is 0 Å². The first-order valence-electron chi connectivity index (χ1n) is 10.1. The lowest BCUT2D eigenvalue weighted by molar-refractivity contribution is 0.174. The van der Waals surface area contributed by atoms with E-state index < -0.39 is 0 Å². The highest BCUT2D eigenvalue weighted by molar-refractivity contribution is 5.86. The van der Waals surface area contributed by atoms with E-state index in [-0.39, 0.29) is 6.79 Å². The number of aromatic nitrogens is 4. The third-order valence-corrected chi connectivity index (χ3v) is 5.10. The summed E-state index contributed by atoms with van der Waals surface area (Å²) in [6.45, 7) is 0.733. The molecule has 0 atom stereocenters. The lowest BCUT2D eigenvalue weighted by atomic mass is 10.2. The second-order valence-corrected chi connectivity index (χ2v) is 7.08. The number of ether oxygens (including phenoxy) is 5. The molecule has 11 nitrogen and oxygen atoms in total. The van der Waals surface area contributed by atoms with Crippen LogP contribution in [-0.4, -0.2) is 48.1 Å². The Labute approximate surface area is 189 Å². The molecule has 3 heterocycles. The summed E-state index contributed by atoms with van der Waals surface area (Å²) >= 11 is 0. The summed E-state index contributed by atoms with van der Waals surface area (Å²) in [5.74, 6) is 3.98. The van der Waals surface area contributed by atoms with E-state index in [0.29, 0.717) is 52.4 Å². The van der Waals surface area contributed by atoms with Crippen LogP contribution >= 0.6 is 0 Å². The zero-order chi connectivity index (χ0) is 22.8. The van der Waals surface area contributed by atoms with Gasteiger partial charge >= 0.3 is 0 Å². The van der Waals surface area contributed by atoms with Crippen molar-refractivity contribution < 1.29 is 23.7 Å². The molecule has 0 fully saturated rings. The fourth-order valence-corrected chi connectivity index (χ4v) is 3.52. The third-order valence-electron chi connectivity index (χ3n) is 5.10. The third kappa shape index (κ3) is 3.95. The Bertz CT molecular complexity index is 1280. The average molecular weight is 450 g/mol. The maximum Gasteiger partial charge on any atom is 0.231 e. The van der Waals surface area contributed by atoms with Crippen LogP contribution in [-0.2, 0) is 6.54 Å². The molecule has 3 N–H and O–H groups in total. The minimum absolute atomic E-state index is 0.237. The van der Waals surface area contributed by atoms with Crippen LogP contribution < -0.4 is 34.3 Å². The van der Waals surface area contributed by atoms with Crippen molar-refractivity contribution in [3.8, 4) is 28.7 Å². The van der Waals surface area contributed by atoms with Crippen LogP contribution in [0.4, 0.5) is 17.5 Å². The van der Waals surface area contributed by atoms with Crippen molar-refractivity contribution in [1.29, 1.82) is 0 Å². The van der Waals surface area contributed by atoms with Gasteiger partial charge in [0.15, 0.2) is 34.5 Å². The van der Waals surface area contributed by atoms with Gasteiger partial charge in [0.05, 0.1) is 27.7 Å². The molecule has 1 aliphatic rings. The van der Waals surface area contributed by atoms with Gasteiger partial charge in [-0.15, -0.1) is 0 Å². The van der Waals surface area contributed by atoms with Gasteiger partial charge in [-0.3, -0.25) is 0 Å². The number of rotatable bonds is 8. The monoisotopic (exact) mass is 450 g/mol. The molecule has 0 radical (unpaired) electrons. The van der Waals surface area contributed by atoms with E-state index in [1.165, 1.54) is 0 Å². The maximum atomic E-state index is 5.44. The number of aromatic amines is 1. The van der Waals surface area contributed by atoms with Crippen LogP contribution in [0.2, 0.25) is 0 Å². The predicted octanol–water partition coefficient (Wildman–Crippen LogP) is 3.46. The summed E-state index contributed by atoms with van der Waals surface area (Å²) in [6.07, 6.45) is 1.57. The molecule has 33 heavy (non-hydrogen) atoms. The minimum atomic E-state index is 0.237. The number of hydrogen-bond donors (Lipinski definition) is 3. The van der Waals surface area contributed by atoms with Crippen molar-refractivity contribution in [1.82, 2.24) is 19.9 Å². The van der Waals surface area contributed by atoms with Crippen molar-refractivity contribution in [2.45, 2.75) is 6.54 Å². The largest absolute Gasteiger partial charge is 0.493 e. The first-order chi connectivity index (χ1) is 16.2. The van der Waals surface area contributed by atoms with E-state index >= 15 is 0 Å². The summed E-state index contributed by atoms with van der Waals surface area (Å²) in [6, 6.07) is 9.37. The summed E-state index contributed by atoms with van der Waals surface area (Å²) < 4.78 is 27.1. The minimum Gasteiger partial charge on any atom is -0.493 e. The van der Waals surface area contributed by atoms with Crippen LogP contribution in [0.5, 0.6) is 28.7 Å². The lowest BCUT2D eigenvalue weighted by Crippen LogP contribution is -2.06. The van der Waals surface area contributed by atoms with Gasteiger partial charge in [-0.25, -0.2) is 4.98 Å². The fraction of sp³-hybridized carbons (Fsp3) is 0.227. The number of benzene rings is 2. The summed E-state index contributed by atoms with van der Waals surface area (Å²) in [4.78, 5) is 16.5. The van der Waals surface area contributed by atoms with Gasteiger partial charge in [0.2, 0.25) is 18.5 Å². The van der Waals surface area contributed by atoms with Crippen LogP contribution in [0.3, 0.4) is 0 Å². The quantitative estimate of drug-likeness (QED) is 0.367. The average Bonchev–Trinajstić information content (AvgIpc) is 3.51. The van der Waals surface area contributed by atoms with Crippen molar-refractivity contribution in [2.24, 2.45) is 0 Å². The number of methoxy groups -OCH3 is 3. The summed E-state index contributed by atoms with van der Waals surface area (Å²) in [5.41, 5.74) is 2.88. The van der Waals surface area contributed by atoms with Gasteiger partial charge in [0, 0.05) is 24.4 Å². The number of fused-ring (bicyclic) bond motifs is 2. The molecule has 0 aliphatic carbocycles. The molecule has 11 heteroatoms. The van der Waals surface area contributed by atoms with E-state index in [2.05, 4.69) is 30.6 Å². The van der Waals surface area contributed by atoms with E-state index in [4.69, 9.17) is 23.7 Å². The van der Waals surface area contributed by atoms with E-state index in [9.17, 15) is 0 Å². The molecule has 0 saturated carbocycles.